The van der Waals surface area contributed by atoms with Gasteiger partial charge in [0.1, 0.15) is 6.04 Å². The number of amides is 3. The lowest BCUT2D eigenvalue weighted by molar-refractivity contribution is -0.119. The fraction of sp³-hybridized carbons (Fsp3) is 0.536. The van der Waals surface area contributed by atoms with Gasteiger partial charge in [0, 0.05) is 43.0 Å². The molecule has 3 heterocycles. The highest BCUT2D eigenvalue weighted by Gasteiger charge is 2.37. The topological polar surface area (TPSA) is 83.4 Å². The molecule has 0 radical (unpaired) electrons. The van der Waals surface area contributed by atoms with Crippen molar-refractivity contribution in [1.82, 2.24) is 14.8 Å². The summed E-state index contributed by atoms with van der Waals surface area (Å²) in [7, 11) is 0. The van der Waals surface area contributed by atoms with Crippen molar-refractivity contribution in [3.63, 3.8) is 0 Å². The fourth-order valence-corrected chi connectivity index (χ4v) is 5.34. The number of pyridine rings is 1. The van der Waals surface area contributed by atoms with Crippen LogP contribution < -0.4 is 16.2 Å². The van der Waals surface area contributed by atoms with E-state index in [1.807, 2.05) is 41.5 Å². The molecule has 35 heavy (non-hydrogen) atoms. The number of rotatable bonds is 8. The number of hydrogen-bond donors (Lipinski definition) is 2. The number of anilines is 1. The van der Waals surface area contributed by atoms with Gasteiger partial charge in [-0.3, -0.25) is 9.59 Å². The predicted molar refractivity (Wildman–Crippen MR) is 139 cm³/mol. The van der Waals surface area contributed by atoms with E-state index in [1.165, 1.54) is 5.56 Å². The van der Waals surface area contributed by atoms with E-state index in [0.29, 0.717) is 19.6 Å². The number of nitrogens with one attached hydrogen (secondary N) is 2. The summed E-state index contributed by atoms with van der Waals surface area (Å²) in [6, 6.07) is 12.5. The van der Waals surface area contributed by atoms with E-state index in [-0.39, 0.29) is 35.3 Å². The first-order chi connectivity index (χ1) is 16.9. The van der Waals surface area contributed by atoms with E-state index in [4.69, 9.17) is 0 Å². The molecule has 2 aromatic rings. The van der Waals surface area contributed by atoms with Crippen LogP contribution in [-0.4, -0.2) is 40.5 Å². The number of unbranched alkanes of at least 4 members (excludes halogenated alkanes) is 1. The maximum absolute atomic E-state index is 13.3. The summed E-state index contributed by atoms with van der Waals surface area (Å²) >= 11 is 0. The summed E-state index contributed by atoms with van der Waals surface area (Å²) in [5, 5.41) is 6.03. The number of likely N-dealkylation sites (tertiary alicyclic amines) is 1. The molecule has 0 aliphatic carbocycles. The Morgan fingerprint density at radius 3 is 2.54 bits per heavy atom. The first kappa shape index (κ1) is 25.0. The van der Waals surface area contributed by atoms with Crippen LogP contribution in [0, 0.1) is 11.8 Å². The summed E-state index contributed by atoms with van der Waals surface area (Å²) in [6.45, 7) is 7.98. The molecular weight excluding hydrogens is 440 g/mol. The van der Waals surface area contributed by atoms with Gasteiger partial charge in [-0.25, -0.2) is 4.79 Å². The molecule has 1 saturated heterocycles. The van der Waals surface area contributed by atoms with Crippen LogP contribution in [0.5, 0.6) is 0 Å². The lowest BCUT2D eigenvalue weighted by Crippen LogP contribution is -2.56. The van der Waals surface area contributed by atoms with E-state index in [9.17, 15) is 14.4 Å². The van der Waals surface area contributed by atoms with Gasteiger partial charge in [0.05, 0.1) is 0 Å². The zero-order valence-corrected chi connectivity index (χ0v) is 21.1. The fourth-order valence-electron chi connectivity index (χ4n) is 5.34. The predicted octanol–water partition coefficient (Wildman–Crippen LogP) is 4.37. The Labute approximate surface area is 207 Å². The van der Waals surface area contributed by atoms with E-state index in [2.05, 4.69) is 29.7 Å². The van der Waals surface area contributed by atoms with Crippen LogP contribution in [0.3, 0.4) is 0 Å². The Morgan fingerprint density at radius 2 is 1.83 bits per heavy atom. The lowest BCUT2D eigenvalue weighted by Gasteiger charge is -2.43. The molecule has 0 saturated carbocycles. The Balaban J connectivity index is 1.42. The van der Waals surface area contributed by atoms with Crippen molar-refractivity contribution in [3.05, 3.63) is 64.1 Å². The van der Waals surface area contributed by atoms with E-state index >= 15 is 0 Å². The number of carbonyl (C=O) groups is 2. The summed E-state index contributed by atoms with van der Waals surface area (Å²) in [4.78, 5) is 40.6. The minimum Gasteiger partial charge on any atom is -0.326 e. The molecule has 1 aromatic heterocycles. The highest BCUT2D eigenvalue weighted by Crippen LogP contribution is 2.35. The van der Waals surface area contributed by atoms with Crippen molar-refractivity contribution >= 4 is 17.6 Å². The van der Waals surface area contributed by atoms with E-state index in [0.717, 1.165) is 43.5 Å². The van der Waals surface area contributed by atoms with Crippen molar-refractivity contribution in [2.75, 3.05) is 18.4 Å². The number of urea groups is 1. The number of aromatic nitrogens is 1. The van der Waals surface area contributed by atoms with Crippen molar-refractivity contribution in [2.24, 2.45) is 11.8 Å². The molecular formula is C28H38N4O3. The highest BCUT2D eigenvalue weighted by atomic mass is 16.2. The van der Waals surface area contributed by atoms with E-state index < -0.39 is 6.04 Å². The van der Waals surface area contributed by atoms with Gasteiger partial charge in [-0.15, -0.1) is 0 Å². The summed E-state index contributed by atoms with van der Waals surface area (Å²) in [5.74, 6) is 0.188. The molecule has 1 aromatic carbocycles. The zero-order valence-electron chi connectivity index (χ0n) is 21.1. The average molecular weight is 479 g/mol. The SMILES string of the molecule is CCCCc1ccc(NC(=O)[C@@H](NC(=O)N2C[C@@H]3C[C@@H](C2)c2cccc(=O)n2C3)[C@@H](C)CC)cc1. The molecule has 0 spiro atoms. The van der Waals surface area contributed by atoms with Crippen LogP contribution in [0.1, 0.15) is 63.6 Å². The summed E-state index contributed by atoms with van der Waals surface area (Å²) < 4.78 is 1.86. The second-order valence-electron chi connectivity index (χ2n) is 10.2. The standard InChI is InChI=1S/C28H38N4O3/c1-4-6-8-20-11-13-23(14-12-20)29-27(34)26(19(3)5-2)30-28(35)31-16-21-15-22(18-31)24-9-7-10-25(33)32(24)17-21/h7,9-14,19,21-22,26H,4-6,8,15-18H2,1-3H3,(H,29,34)(H,30,35)/t19-,21-,22-,26-/m0/s1. The molecule has 188 valence electrons. The molecule has 0 unspecified atom stereocenters. The van der Waals surface area contributed by atoms with Crippen molar-refractivity contribution in [3.8, 4) is 0 Å². The van der Waals surface area contributed by atoms with Crippen molar-refractivity contribution < 1.29 is 9.59 Å². The normalized spacial score (nSPS) is 20.5. The van der Waals surface area contributed by atoms with Crippen LogP contribution >= 0.6 is 0 Å². The zero-order chi connectivity index (χ0) is 24.9. The minimum atomic E-state index is -0.621. The summed E-state index contributed by atoms with van der Waals surface area (Å²) in [5.41, 5.74) is 3.04. The average Bonchev–Trinajstić information content (AvgIpc) is 2.86. The maximum Gasteiger partial charge on any atom is 0.318 e. The largest absolute Gasteiger partial charge is 0.326 e. The number of fused-ring (bicyclic) bond motifs is 4. The molecule has 3 amide bonds. The monoisotopic (exact) mass is 478 g/mol. The smallest absolute Gasteiger partial charge is 0.318 e. The number of nitrogens with zero attached hydrogens (tertiary/aromatic N) is 2. The van der Waals surface area contributed by atoms with Crippen molar-refractivity contribution in [1.29, 1.82) is 0 Å². The molecule has 2 aliphatic heterocycles. The molecule has 1 fully saturated rings. The molecule has 7 heteroatoms. The Bertz CT molecular complexity index is 1090. The molecule has 4 rings (SSSR count). The number of carbonyl (C=O) groups excluding carboxylic acids is 2. The van der Waals surface area contributed by atoms with Crippen LogP contribution in [0.25, 0.3) is 0 Å². The highest BCUT2D eigenvalue weighted by molar-refractivity contribution is 5.97. The van der Waals surface area contributed by atoms with Gasteiger partial charge < -0.3 is 20.1 Å². The molecule has 2 bridgehead atoms. The maximum atomic E-state index is 13.3. The third kappa shape index (κ3) is 5.77. The second kappa shape index (κ2) is 11.1. The first-order valence-corrected chi connectivity index (χ1v) is 13.0. The number of aryl methyl sites for hydroxylation is 1. The Kier molecular flexibility index (Phi) is 7.93. The molecule has 2 aliphatic rings. The van der Waals surface area contributed by atoms with Crippen molar-refractivity contribution in [2.45, 2.75) is 71.4 Å². The quantitative estimate of drug-likeness (QED) is 0.591. The van der Waals surface area contributed by atoms with Gasteiger partial charge >= 0.3 is 6.03 Å². The first-order valence-electron chi connectivity index (χ1n) is 13.0. The molecule has 4 atom stereocenters. The van der Waals surface area contributed by atoms with Gasteiger partial charge in [0.15, 0.2) is 0 Å². The van der Waals surface area contributed by atoms with Crippen LogP contribution in [0.2, 0.25) is 0 Å². The van der Waals surface area contributed by atoms with Gasteiger partial charge in [-0.05, 0) is 54.9 Å². The van der Waals surface area contributed by atoms with Gasteiger partial charge in [-0.2, -0.15) is 0 Å². The summed E-state index contributed by atoms with van der Waals surface area (Å²) in [6.07, 6.45) is 5.09. The second-order valence-corrected chi connectivity index (χ2v) is 10.2. The number of piperidine rings is 1. The van der Waals surface area contributed by atoms with Gasteiger partial charge in [0.2, 0.25) is 5.91 Å². The molecule has 7 nitrogen and oxygen atoms in total. The molecule has 2 N–H and O–H groups in total. The van der Waals surface area contributed by atoms with Gasteiger partial charge in [0.25, 0.3) is 5.56 Å². The Hall–Kier alpha value is -3.09. The number of hydrogen-bond acceptors (Lipinski definition) is 3. The number of benzene rings is 1. The third-order valence-corrected chi connectivity index (χ3v) is 7.58. The van der Waals surface area contributed by atoms with Crippen LogP contribution in [-0.2, 0) is 17.8 Å². The van der Waals surface area contributed by atoms with E-state index in [1.54, 1.807) is 12.1 Å². The van der Waals surface area contributed by atoms with Gasteiger partial charge in [-0.1, -0.05) is 51.8 Å². The van der Waals surface area contributed by atoms with Crippen LogP contribution in [0.15, 0.2) is 47.3 Å². The third-order valence-electron chi connectivity index (χ3n) is 7.58. The minimum absolute atomic E-state index is 0.00799. The lowest BCUT2D eigenvalue weighted by atomic mass is 9.83. The Morgan fingerprint density at radius 1 is 1.06 bits per heavy atom. The van der Waals surface area contributed by atoms with Crippen LogP contribution in [0.4, 0.5) is 10.5 Å².